The van der Waals surface area contributed by atoms with Crippen LogP contribution in [0.3, 0.4) is 0 Å². The standard InChI is InChI=1S/C15H15BFN3O4/c1-20-13(22)5-3-10(15(23)19-24-7-6-21)14(20)18-12-4-2-9(16)8-11(12)17/h2-5,8,18,21H,6-7H2,1H3,(H,19,23). The van der Waals surface area contributed by atoms with Crippen LogP contribution in [0.2, 0.25) is 0 Å². The van der Waals surface area contributed by atoms with Crippen molar-refractivity contribution in [2.24, 2.45) is 7.05 Å². The summed E-state index contributed by atoms with van der Waals surface area (Å²) in [6.07, 6.45) is 0. The van der Waals surface area contributed by atoms with Crippen LogP contribution in [-0.2, 0) is 11.9 Å². The van der Waals surface area contributed by atoms with Crippen LogP contribution in [0.1, 0.15) is 10.4 Å². The zero-order chi connectivity index (χ0) is 17.7. The van der Waals surface area contributed by atoms with E-state index in [1.165, 1.54) is 31.3 Å². The van der Waals surface area contributed by atoms with Crippen molar-refractivity contribution in [3.05, 3.63) is 52.1 Å². The molecule has 0 aliphatic heterocycles. The Labute approximate surface area is 138 Å². The number of pyridine rings is 1. The highest BCUT2D eigenvalue weighted by molar-refractivity contribution is 6.32. The van der Waals surface area contributed by atoms with Gasteiger partial charge in [-0.2, -0.15) is 0 Å². The van der Waals surface area contributed by atoms with Gasteiger partial charge in [0, 0.05) is 13.1 Å². The van der Waals surface area contributed by atoms with Crippen LogP contribution >= 0.6 is 0 Å². The van der Waals surface area contributed by atoms with Crippen molar-refractivity contribution in [1.82, 2.24) is 10.0 Å². The Balaban J connectivity index is 2.38. The fourth-order valence-corrected chi connectivity index (χ4v) is 1.95. The maximum absolute atomic E-state index is 14.0. The molecule has 124 valence electrons. The highest BCUT2D eigenvalue weighted by Crippen LogP contribution is 2.21. The maximum Gasteiger partial charge on any atom is 0.278 e. The fraction of sp³-hybridized carbons (Fsp3) is 0.200. The van der Waals surface area contributed by atoms with Gasteiger partial charge in [-0.25, -0.2) is 9.87 Å². The molecule has 1 aromatic heterocycles. The average molecular weight is 331 g/mol. The molecule has 2 rings (SSSR count). The van der Waals surface area contributed by atoms with Gasteiger partial charge < -0.3 is 10.4 Å². The first kappa shape index (κ1) is 17.7. The molecule has 3 N–H and O–H groups in total. The van der Waals surface area contributed by atoms with E-state index in [1.807, 2.05) is 0 Å². The molecule has 7 nitrogen and oxygen atoms in total. The largest absolute Gasteiger partial charge is 0.394 e. The molecule has 2 radical (unpaired) electrons. The molecule has 9 heteroatoms. The molecule has 0 fully saturated rings. The van der Waals surface area contributed by atoms with Gasteiger partial charge in [-0.05, 0) is 18.2 Å². The summed E-state index contributed by atoms with van der Waals surface area (Å²) < 4.78 is 15.1. The molecule has 0 saturated carbocycles. The normalized spacial score (nSPS) is 10.5. The quantitative estimate of drug-likeness (QED) is 0.385. The maximum atomic E-state index is 14.0. The molecule has 0 aliphatic rings. The van der Waals surface area contributed by atoms with Crippen LogP contribution in [0.15, 0.2) is 35.1 Å². The van der Waals surface area contributed by atoms with Crippen molar-refractivity contribution in [2.75, 3.05) is 18.5 Å². The van der Waals surface area contributed by atoms with Crippen LogP contribution in [0.4, 0.5) is 15.9 Å². The molecule has 24 heavy (non-hydrogen) atoms. The topological polar surface area (TPSA) is 92.6 Å². The van der Waals surface area contributed by atoms with Gasteiger partial charge in [0.25, 0.3) is 11.5 Å². The number of aromatic nitrogens is 1. The van der Waals surface area contributed by atoms with E-state index in [9.17, 15) is 14.0 Å². The van der Waals surface area contributed by atoms with Crippen molar-refractivity contribution >= 4 is 30.7 Å². The monoisotopic (exact) mass is 331 g/mol. The number of amides is 1. The van der Waals surface area contributed by atoms with E-state index >= 15 is 0 Å². The minimum atomic E-state index is -0.655. The molecule has 0 bridgehead atoms. The zero-order valence-electron chi connectivity index (χ0n) is 12.9. The first-order valence-electron chi connectivity index (χ1n) is 6.99. The molecule has 0 unspecified atom stereocenters. The smallest absolute Gasteiger partial charge is 0.278 e. The van der Waals surface area contributed by atoms with Crippen LogP contribution in [0.5, 0.6) is 0 Å². The Morgan fingerprint density at radius 1 is 1.38 bits per heavy atom. The Morgan fingerprint density at radius 3 is 2.79 bits per heavy atom. The number of nitrogens with one attached hydrogen (secondary N) is 2. The summed E-state index contributed by atoms with van der Waals surface area (Å²) in [4.78, 5) is 28.7. The van der Waals surface area contributed by atoms with Crippen LogP contribution in [0, 0.1) is 5.82 Å². The minimum Gasteiger partial charge on any atom is -0.394 e. The lowest BCUT2D eigenvalue weighted by molar-refractivity contribution is 0.0168. The van der Waals surface area contributed by atoms with Gasteiger partial charge in [0.15, 0.2) is 0 Å². The number of aliphatic hydroxyl groups excluding tert-OH is 1. The number of aliphatic hydroxyl groups is 1. The predicted octanol–water partition coefficient (Wildman–Crippen LogP) is -0.285. The van der Waals surface area contributed by atoms with E-state index in [4.69, 9.17) is 17.8 Å². The number of hydroxylamine groups is 1. The summed E-state index contributed by atoms with van der Waals surface area (Å²) in [5.74, 6) is -1.21. The third kappa shape index (κ3) is 4.00. The number of hydrogen-bond donors (Lipinski definition) is 3. The molecule has 0 atom stereocenters. The summed E-state index contributed by atoms with van der Waals surface area (Å²) in [6.45, 7) is -0.359. The molecular formula is C15H15BFN3O4. The first-order chi connectivity index (χ1) is 11.4. The molecule has 2 aromatic rings. The highest BCUT2D eigenvalue weighted by atomic mass is 19.1. The van der Waals surface area contributed by atoms with Crippen molar-refractivity contribution < 1.29 is 19.1 Å². The van der Waals surface area contributed by atoms with Crippen LogP contribution in [0.25, 0.3) is 0 Å². The number of benzene rings is 1. The SMILES string of the molecule is [B]c1ccc(Nc2c(C(=O)NOCCO)ccc(=O)n2C)c(F)c1. The van der Waals surface area contributed by atoms with E-state index in [2.05, 4.69) is 10.8 Å². The molecule has 1 aromatic carbocycles. The number of carbonyl (C=O) groups excluding carboxylic acids is 1. The number of hydrogen-bond acceptors (Lipinski definition) is 5. The van der Waals surface area contributed by atoms with Crippen molar-refractivity contribution in [1.29, 1.82) is 0 Å². The van der Waals surface area contributed by atoms with Gasteiger partial charge in [0.2, 0.25) is 0 Å². The fourth-order valence-electron chi connectivity index (χ4n) is 1.95. The average Bonchev–Trinajstić information content (AvgIpc) is 2.54. The van der Waals surface area contributed by atoms with Crippen LogP contribution < -0.4 is 21.8 Å². The van der Waals surface area contributed by atoms with E-state index in [1.54, 1.807) is 0 Å². The van der Waals surface area contributed by atoms with E-state index in [-0.39, 0.29) is 41.3 Å². The second-order valence-corrected chi connectivity index (χ2v) is 4.86. The second-order valence-electron chi connectivity index (χ2n) is 4.86. The predicted molar refractivity (Wildman–Crippen MR) is 87.3 cm³/mol. The van der Waals surface area contributed by atoms with Crippen molar-refractivity contribution in [3.8, 4) is 0 Å². The van der Waals surface area contributed by atoms with Crippen molar-refractivity contribution in [3.63, 3.8) is 0 Å². The van der Waals surface area contributed by atoms with E-state index < -0.39 is 11.7 Å². The Bertz CT molecular complexity index is 810. The second kappa shape index (κ2) is 7.76. The molecule has 0 saturated heterocycles. The molecular weight excluding hydrogens is 316 g/mol. The third-order valence-corrected chi connectivity index (χ3v) is 3.16. The first-order valence-corrected chi connectivity index (χ1v) is 6.99. The number of halogens is 1. The van der Waals surface area contributed by atoms with Crippen molar-refractivity contribution in [2.45, 2.75) is 0 Å². The summed E-state index contributed by atoms with van der Waals surface area (Å²) in [6, 6.07) is 6.49. The number of carbonyl (C=O) groups is 1. The summed E-state index contributed by atoms with van der Waals surface area (Å²) >= 11 is 0. The van der Waals surface area contributed by atoms with Gasteiger partial charge in [-0.15, -0.1) is 0 Å². The molecule has 1 amide bonds. The third-order valence-electron chi connectivity index (χ3n) is 3.16. The summed E-state index contributed by atoms with van der Waals surface area (Å²) in [7, 11) is 6.93. The lowest BCUT2D eigenvalue weighted by atomic mass is 9.96. The molecule has 0 aliphatic carbocycles. The number of nitrogens with zero attached hydrogens (tertiary/aromatic N) is 1. The van der Waals surface area contributed by atoms with Gasteiger partial charge in [-0.1, -0.05) is 11.5 Å². The number of anilines is 2. The Morgan fingerprint density at radius 2 is 2.12 bits per heavy atom. The summed E-state index contributed by atoms with van der Waals surface area (Å²) in [5, 5.41) is 11.4. The highest BCUT2D eigenvalue weighted by Gasteiger charge is 2.16. The van der Waals surface area contributed by atoms with Gasteiger partial charge in [-0.3, -0.25) is 19.0 Å². The number of rotatable bonds is 6. The Kier molecular flexibility index (Phi) is 5.72. The van der Waals surface area contributed by atoms with E-state index in [0.29, 0.717) is 0 Å². The van der Waals surface area contributed by atoms with Gasteiger partial charge in [0.1, 0.15) is 19.5 Å². The molecule has 1 heterocycles. The van der Waals surface area contributed by atoms with Gasteiger partial charge >= 0.3 is 0 Å². The van der Waals surface area contributed by atoms with Gasteiger partial charge in [0.05, 0.1) is 24.5 Å². The molecule has 0 spiro atoms. The lowest BCUT2D eigenvalue weighted by Crippen LogP contribution is -2.29. The lowest BCUT2D eigenvalue weighted by Gasteiger charge is -2.16. The summed E-state index contributed by atoms with van der Waals surface area (Å²) in [5.41, 5.74) is 2.10. The zero-order valence-corrected chi connectivity index (χ0v) is 12.9. The minimum absolute atomic E-state index is 0.0516. The van der Waals surface area contributed by atoms with E-state index in [0.717, 1.165) is 10.6 Å². The van der Waals surface area contributed by atoms with Crippen LogP contribution in [-0.4, -0.2) is 36.6 Å². The Hall–Kier alpha value is -2.65.